The Kier molecular flexibility index (Phi) is 5.18. The molecule has 0 aliphatic carbocycles. The van der Waals surface area contributed by atoms with Crippen molar-refractivity contribution in [3.63, 3.8) is 0 Å². The van der Waals surface area contributed by atoms with E-state index in [1.54, 1.807) is 6.92 Å². The largest absolute Gasteiger partial charge is 0.506 e. The quantitative estimate of drug-likeness (QED) is 0.774. The maximum Gasteiger partial charge on any atom is 0.326 e. The first-order valence-electron chi connectivity index (χ1n) is 5.89. The molecule has 0 fully saturated rings. The van der Waals surface area contributed by atoms with Crippen molar-refractivity contribution in [2.75, 3.05) is 0 Å². The van der Waals surface area contributed by atoms with E-state index < -0.39 is 17.9 Å². The number of phenolic OH excluding ortho intramolecular Hbond substituents is 1. The van der Waals surface area contributed by atoms with E-state index in [1.165, 1.54) is 18.2 Å². The van der Waals surface area contributed by atoms with Crippen LogP contribution in [0.15, 0.2) is 18.2 Å². The lowest BCUT2D eigenvalue weighted by Gasteiger charge is -2.20. The van der Waals surface area contributed by atoms with Gasteiger partial charge in [-0.2, -0.15) is 0 Å². The van der Waals surface area contributed by atoms with Crippen LogP contribution in [0.2, 0.25) is 5.02 Å². The summed E-state index contributed by atoms with van der Waals surface area (Å²) in [6.45, 7) is 3.60. The summed E-state index contributed by atoms with van der Waals surface area (Å²) >= 11 is 5.70. The van der Waals surface area contributed by atoms with Gasteiger partial charge in [0, 0.05) is 5.56 Å². The van der Waals surface area contributed by atoms with Gasteiger partial charge in [0.1, 0.15) is 11.8 Å². The van der Waals surface area contributed by atoms with Crippen LogP contribution in [-0.2, 0) is 4.79 Å². The zero-order valence-corrected chi connectivity index (χ0v) is 11.4. The number of aromatic hydroxyl groups is 1. The lowest BCUT2D eigenvalue weighted by Crippen LogP contribution is -2.45. The molecule has 0 saturated carbocycles. The van der Waals surface area contributed by atoms with Crippen LogP contribution in [0, 0.1) is 5.92 Å². The minimum absolute atomic E-state index is 0.0445. The van der Waals surface area contributed by atoms with E-state index in [1.807, 2.05) is 6.92 Å². The molecule has 1 aromatic rings. The molecule has 1 unspecified atom stereocenters. The summed E-state index contributed by atoms with van der Waals surface area (Å²) in [6.07, 6.45) is 0.633. The summed E-state index contributed by atoms with van der Waals surface area (Å²) in [7, 11) is 0. The zero-order valence-electron chi connectivity index (χ0n) is 10.7. The van der Waals surface area contributed by atoms with Gasteiger partial charge in [0.05, 0.1) is 5.02 Å². The molecule has 5 nitrogen and oxygen atoms in total. The molecule has 0 aromatic heterocycles. The average molecular weight is 286 g/mol. The number of carbonyl (C=O) groups is 2. The van der Waals surface area contributed by atoms with Gasteiger partial charge in [-0.25, -0.2) is 4.79 Å². The van der Waals surface area contributed by atoms with Gasteiger partial charge in [-0.3, -0.25) is 4.79 Å². The second kappa shape index (κ2) is 6.43. The summed E-state index contributed by atoms with van der Waals surface area (Å²) in [5, 5.41) is 20.8. The molecule has 0 aliphatic rings. The first-order valence-corrected chi connectivity index (χ1v) is 6.26. The maximum atomic E-state index is 11.9. The molecule has 1 rings (SSSR count). The Morgan fingerprint density at radius 1 is 1.42 bits per heavy atom. The molecule has 0 heterocycles. The predicted octanol–water partition coefficient (Wildman–Crippen LogP) is 2.27. The van der Waals surface area contributed by atoms with Crippen LogP contribution in [-0.4, -0.2) is 28.1 Å². The summed E-state index contributed by atoms with van der Waals surface area (Å²) in [6, 6.07) is 3.01. The van der Waals surface area contributed by atoms with Gasteiger partial charge >= 0.3 is 5.97 Å². The topological polar surface area (TPSA) is 86.6 Å². The predicted molar refractivity (Wildman–Crippen MR) is 71.5 cm³/mol. The molecule has 2 atom stereocenters. The molecule has 6 heteroatoms. The van der Waals surface area contributed by atoms with Gasteiger partial charge in [-0.1, -0.05) is 31.9 Å². The van der Waals surface area contributed by atoms with Crippen molar-refractivity contribution < 1.29 is 19.8 Å². The minimum Gasteiger partial charge on any atom is -0.506 e. The van der Waals surface area contributed by atoms with Crippen LogP contribution in [0.1, 0.15) is 30.6 Å². The fraction of sp³-hybridized carbons (Fsp3) is 0.385. The number of aliphatic carboxylic acids is 1. The first kappa shape index (κ1) is 15.3. The van der Waals surface area contributed by atoms with Gasteiger partial charge < -0.3 is 15.5 Å². The summed E-state index contributed by atoms with van der Waals surface area (Å²) in [4.78, 5) is 23.0. The second-order valence-corrected chi connectivity index (χ2v) is 4.75. The summed E-state index contributed by atoms with van der Waals surface area (Å²) in [5.74, 6) is -1.92. The molecule has 0 spiro atoms. The van der Waals surface area contributed by atoms with Crippen molar-refractivity contribution in [1.82, 2.24) is 5.32 Å². The number of benzene rings is 1. The van der Waals surface area contributed by atoms with Crippen molar-refractivity contribution in [3.8, 4) is 5.75 Å². The first-order chi connectivity index (χ1) is 8.86. The molecular weight excluding hydrogens is 270 g/mol. The van der Waals surface area contributed by atoms with E-state index in [2.05, 4.69) is 5.32 Å². The second-order valence-electron chi connectivity index (χ2n) is 4.34. The monoisotopic (exact) mass is 285 g/mol. The Bertz CT molecular complexity index is 490. The highest BCUT2D eigenvalue weighted by molar-refractivity contribution is 6.32. The fourth-order valence-electron chi connectivity index (χ4n) is 1.56. The lowest BCUT2D eigenvalue weighted by molar-refractivity contribution is -0.140. The molecule has 0 saturated heterocycles. The molecule has 0 aliphatic heterocycles. The van der Waals surface area contributed by atoms with Crippen LogP contribution in [0.5, 0.6) is 5.75 Å². The van der Waals surface area contributed by atoms with Crippen LogP contribution in [0.25, 0.3) is 0 Å². The van der Waals surface area contributed by atoms with Gasteiger partial charge in [0.15, 0.2) is 0 Å². The van der Waals surface area contributed by atoms with Gasteiger partial charge in [-0.15, -0.1) is 0 Å². The normalized spacial score (nSPS) is 13.6. The van der Waals surface area contributed by atoms with Crippen LogP contribution in [0.3, 0.4) is 0 Å². The van der Waals surface area contributed by atoms with E-state index in [0.717, 1.165) is 0 Å². The summed E-state index contributed by atoms with van der Waals surface area (Å²) in [5.41, 5.74) is 0.206. The molecule has 0 radical (unpaired) electrons. The number of rotatable bonds is 5. The summed E-state index contributed by atoms with van der Waals surface area (Å²) < 4.78 is 0. The number of carboxylic acid groups (broad SMARTS) is 1. The Labute approximate surface area is 116 Å². The molecule has 0 bridgehead atoms. The van der Waals surface area contributed by atoms with Gasteiger partial charge in [-0.05, 0) is 24.1 Å². The van der Waals surface area contributed by atoms with E-state index in [4.69, 9.17) is 16.7 Å². The number of amides is 1. The van der Waals surface area contributed by atoms with Crippen molar-refractivity contribution in [2.45, 2.75) is 26.3 Å². The third-order valence-corrected chi connectivity index (χ3v) is 3.28. The molecule has 104 valence electrons. The standard InChI is InChI=1S/C13H16ClNO4/c1-3-7(2)11(13(18)19)15-12(17)8-4-5-10(16)9(14)6-8/h4-7,11,16H,3H2,1-2H3,(H,15,17)(H,18,19)/t7?,11-/m0/s1. The van der Waals surface area contributed by atoms with Crippen molar-refractivity contribution >= 4 is 23.5 Å². The van der Waals surface area contributed by atoms with Crippen molar-refractivity contribution in [3.05, 3.63) is 28.8 Å². The molecule has 1 aromatic carbocycles. The Hall–Kier alpha value is -1.75. The van der Waals surface area contributed by atoms with E-state index in [0.29, 0.717) is 6.42 Å². The van der Waals surface area contributed by atoms with E-state index in [9.17, 15) is 14.7 Å². The highest BCUT2D eigenvalue weighted by atomic mass is 35.5. The van der Waals surface area contributed by atoms with E-state index in [-0.39, 0.29) is 22.3 Å². The minimum atomic E-state index is -1.08. The number of hydrogen-bond acceptors (Lipinski definition) is 3. The number of nitrogens with one attached hydrogen (secondary N) is 1. The van der Waals surface area contributed by atoms with Gasteiger partial charge in [0.2, 0.25) is 0 Å². The molecule has 1 amide bonds. The van der Waals surface area contributed by atoms with Gasteiger partial charge in [0.25, 0.3) is 5.91 Å². The Morgan fingerprint density at radius 2 is 2.05 bits per heavy atom. The highest BCUT2D eigenvalue weighted by Gasteiger charge is 2.25. The third-order valence-electron chi connectivity index (χ3n) is 2.98. The third kappa shape index (κ3) is 3.86. The SMILES string of the molecule is CCC(C)[C@H](NC(=O)c1ccc(O)c(Cl)c1)C(=O)O. The lowest BCUT2D eigenvalue weighted by atomic mass is 9.99. The van der Waals surface area contributed by atoms with E-state index >= 15 is 0 Å². The maximum absolute atomic E-state index is 11.9. The van der Waals surface area contributed by atoms with Crippen LogP contribution in [0.4, 0.5) is 0 Å². The molecular formula is C13H16ClNO4. The average Bonchev–Trinajstić information content (AvgIpc) is 2.37. The number of hydrogen-bond donors (Lipinski definition) is 3. The van der Waals surface area contributed by atoms with Crippen molar-refractivity contribution in [2.24, 2.45) is 5.92 Å². The number of carbonyl (C=O) groups excluding carboxylic acids is 1. The number of carboxylic acids is 1. The number of phenols is 1. The number of halogens is 1. The van der Waals surface area contributed by atoms with Crippen LogP contribution < -0.4 is 5.32 Å². The zero-order chi connectivity index (χ0) is 14.6. The molecule has 19 heavy (non-hydrogen) atoms. The fourth-order valence-corrected chi connectivity index (χ4v) is 1.74. The Morgan fingerprint density at radius 3 is 2.53 bits per heavy atom. The highest BCUT2D eigenvalue weighted by Crippen LogP contribution is 2.23. The van der Waals surface area contributed by atoms with Crippen LogP contribution >= 0.6 is 11.6 Å². The smallest absolute Gasteiger partial charge is 0.326 e. The molecule has 3 N–H and O–H groups in total. The van der Waals surface area contributed by atoms with Crippen molar-refractivity contribution in [1.29, 1.82) is 0 Å². The Balaban J connectivity index is 2.87.